The number of halogens is 1. The van der Waals surface area contributed by atoms with Gasteiger partial charge >= 0.3 is 0 Å². The lowest BCUT2D eigenvalue weighted by molar-refractivity contribution is -0.101. The maximum absolute atomic E-state index is 5.20. The van der Waals surface area contributed by atoms with Crippen LogP contribution in [0.3, 0.4) is 0 Å². The fraction of sp³-hybridized carbons (Fsp3) is 0.133. The minimum atomic E-state index is -0.248. The van der Waals surface area contributed by atoms with E-state index in [1.807, 2.05) is 85.1 Å². The molecule has 5 rings (SSSR count). The van der Waals surface area contributed by atoms with E-state index in [1.165, 1.54) is 5.56 Å². The summed E-state index contributed by atoms with van der Waals surface area (Å²) in [6, 6.07) is 31.5. The lowest BCUT2D eigenvalue weighted by atomic mass is 10.1. The van der Waals surface area contributed by atoms with Gasteiger partial charge in [0.2, 0.25) is 0 Å². The second-order valence-electron chi connectivity index (χ2n) is 8.09. The summed E-state index contributed by atoms with van der Waals surface area (Å²) in [4.78, 5) is 13.7. The van der Waals surface area contributed by atoms with Gasteiger partial charge in [0.15, 0.2) is 16.5 Å². The van der Waals surface area contributed by atoms with Crippen LogP contribution in [0.4, 0.5) is 16.8 Å². The number of nitrogens with two attached hydrogens (primary N) is 1. The van der Waals surface area contributed by atoms with Crippen molar-refractivity contribution in [3.8, 4) is 10.4 Å². The molecule has 0 bridgehead atoms. The molecule has 41 heavy (non-hydrogen) atoms. The number of anilines is 3. The Kier molecular flexibility index (Phi) is 13.8. The van der Waals surface area contributed by atoms with E-state index in [4.69, 9.17) is 15.2 Å². The average molecular weight is 652 g/mol. The molecule has 0 spiro atoms. The van der Waals surface area contributed by atoms with Crippen molar-refractivity contribution in [1.29, 1.82) is 0 Å². The minimum absolute atomic E-state index is 0.0729. The standard InChI is InChI=1S/C14H11N3S.C10H13BrO2.C6H7N3S/c1-2-6-11(7-3-1)12-10-16-14(18-12)17-13-8-4-5-9-15-13;1-12-10(13-2)9(11)8-6-4-3-5-7-8;7-6(10)9-5-3-1-2-4-8-5/h1-10H,(H,15,16,17);3-7,9-10H,1-2H3;1-4H,(H3,7,8,9,10). The molecule has 0 saturated heterocycles. The molecule has 0 aliphatic heterocycles. The molecule has 1 atom stereocenters. The zero-order chi connectivity index (χ0) is 29.3. The number of alkyl halides is 1. The first kappa shape index (κ1) is 31.8. The van der Waals surface area contributed by atoms with Crippen LogP contribution in [-0.2, 0) is 9.47 Å². The Balaban J connectivity index is 0.000000178. The molecule has 1 unspecified atom stereocenters. The molecule has 0 saturated carbocycles. The van der Waals surface area contributed by atoms with Gasteiger partial charge in [0, 0.05) is 32.8 Å². The highest BCUT2D eigenvalue weighted by Crippen LogP contribution is 2.30. The predicted molar refractivity (Wildman–Crippen MR) is 176 cm³/mol. The minimum Gasteiger partial charge on any atom is -0.376 e. The van der Waals surface area contributed by atoms with E-state index in [9.17, 15) is 0 Å². The van der Waals surface area contributed by atoms with Crippen molar-refractivity contribution in [2.45, 2.75) is 11.1 Å². The Bertz CT molecular complexity index is 1410. The van der Waals surface area contributed by atoms with Crippen molar-refractivity contribution in [3.05, 3.63) is 121 Å². The van der Waals surface area contributed by atoms with Crippen molar-refractivity contribution in [3.63, 3.8) is 0 Å². The second-order valence-corrected chi connectivity index (χ2v) is 10.5. The summed E-state index contributed by atoms with van der Waals surface area (Å²) in [7, 11) is 3.26. The smallest absolute Gasteiger partial charge is 0.188 e. The average Bonchev–Trinajstić information content (AvgIpc) is 3.48. The number of pyridine rings is 2. The number of aromatic nitrogens is 3. The molecule has 0 fully saturated rings. The number of ether oxygens (including phenoxy) is 2. The van der Waals surface area contributed by atoms with Gasteiger partial charge in [0.25, 0.3) is 0 Å². The number of hydrogen-bond acceptors (Lipinski definition) is 8. The van der Waals surface area contributed by atoms with E-state index in [0.717, 1.165) is 21.4 Å². The Morgan fingerprint density at radius 2 is 1.37 bits per heavy atom. The fourth-order valence-electron chi connectivity index (χ4n) is 3.31. The Morgan fingerprint density at radius 1 is 0.805 bits per heavy atom. The highest BCUT2D eigenvalue weighted by Gasteiger charge is 2.18. The summed E-state index contributed by atoms with van der Waals surface area (Å²) < 4.78 is 10.3. The summed E-state index contributed by atoms with van der Waals surface area (Å²) in [6.45, 7) is 0. The van der Waals surface area contributed by atoms with Gasteiger partial charge in [-0.05, 0) is 47.6 Å². The van der Waals surface area contributed by atoms with Crippen LogP contribution in [0, 0.1) is 0 Å². The zero-order valence-electron chi connectivity index (χ0n) is 22.6. The number of nitrogens with zero attached hydrogens (tertiary/aromatic N) is 3. The van der Waals surface area contributed by atoms with E-state index < -0.39 is 0 Å². The van der Waals surface area contributed by atoms with Crippen LogP contribution in [-0.4, -0.2) is 40.6 Å². The monoisotopic (exact) mass is 650 g/mol. The molecule has 0 aliphatic rings. The highest BCUT2D eigenvalue weighted by molar-refractivity contribution is 9.09. The van der Waals surface area contributed by atoms with Crippen LogP contribution in [0.5, 0.6) is 0 Å². The third-order valence-electron chi connectivity index (χ3n) is 5.20. The summed E-state index contributed by atoms with van der Waals surface area (Å²) in [5.74, 6) is 1.49. The molecule has 0 radical (unpaired) electrons. The highest BCUT2D eigenvalue weighted by atomic mass is 79.9. The summed E-state index contributed by atoms with van der Waals surface area (Å²) in [5, 5.41) is 6.98. The van der Waals surface area contributed by atoms with Crippen molar-refractivity contribution in [2.75, 3.05) is 24.9 Å². The van der Waals surface area contributed by atoms with Gasteiger partial charge in [-0.1, -0.05) is 100 Å². The number of benzene rings is 2. The van der Waals surface area contributed by atoms with E-state index in [1.54, 1.807) is 44.0 Å². The lowest BCUT2D eigenvalue weighted by Crippen LogP contribution is -2.19. The molecular weight excluding hydrogens is 620 g/mol. The van der Waals surface area contributed by atoms with Gasteiger partial charge in [-0.3, -0.25) is 0 Å². The van der Waals surface area contributed by atoms with Gasteiger partial charge in [0.1, 0.15) is 11.6 Å². The van der Waals surface area contributed by atoms with Gasteiger partial charge < -0.3 is 25.8 Å². The van der Waals surface area contributed by atoms with Crippen molar-refractivity contribution < 1.29 is 9.47 Å². The van der Waals surface area contributed by atoms with E-state index in [-0.39, 0.29) is 16.2 Å². The van der Waals surface area contributed by atoms with E-state index >= 15 is 0 Å². The molecular formula is C30H31BrN6O2S2. The summed E-state index contributed by atoms with van der Waals surface area (Å²) in [5.41, 5.74) is 7.54. The zero-order valence-corrected chi connectivity index (χ0v) is 25.8. The normalized spacial score (nSPS) is 10.8. The molecule has 4 N–H and O–H groups in total. The van der Waals surface area contributed by atoms with Gasteiger partial charge in [-0.25, -0.2) is 15.0 Å². The van der Waals surface area contributed by atoms with Crippen LogP contribution < -0.4 is 16.4 Å². The number of nitrogens with one attached hydrogen (secondary N) is 2. The molecule has 5 aromatic rings. The van der Waals surface area contributed by atoms with Gasteiger partial charge in [0.05, 0.1) is 9.70 Å². The Morgan fingerprint density at radius 3 is 1.90 bits per heavy atom. The van der Waals surface area contributed by atoms with Crippen molar-refractivity contribution in [2.24, 2.45) is 5.73 Å². The van der Waals surface area contributed by atoms with Crippen molar-refractivity contribution in [1.82, 2.24) is 15.0 Å². The topological polar surface area (TPSA) is 107 Å². The Labute approximate surface area is 258 Å². The molecule has 0 aliphatic carbocycles. The Hall–Kier alpha value is -3.74. The molecule has 212 valence electrons. The van der Waals surface area contributed by atoms with Gasteiger partial charge in [-0.2, -0.15) is 0 Å². The summed E-state index contributed by atoms with van der Waals surface area (Å²) >= 11 is 9.75. The van der Waals surface area contributed by atoms with E-state index in [2.05, 4.69) is 65.9 Å². The number of thiocarbonyl (C=S) groups is 1. The summed E-state index contributed by atoms with van der Waals surface area (Å²) in [6.07, 6.45) is 5.06. The van der Waals surface area contributed by atoms with Crippen LogP contribution >= 0.6 is 39.5 Å². The largest absolute Gasteiger partial charge is 0.376 e. The number of hydrogen-bond donors (Lipinski definition) is 3. The third-order valence-corrected chi connectivity index (χ3v) is 7.23. The van der Waals surface area contributed by atoms with Crippen LogP contribution in [0.15, 0.2) is 116 Å². The third kappa shape index (κ3) is 11.3. The van der Waals surface area contributed by atoms with Crippen LogP contribution in [0.1, 0.15) is 10.4 Å². The quantitative estimate of drug-likeness (QED) is 0.0897. The lowest BCUT2D eigenvalue weighted by Gasteiger charge is -2.19. The number of thiazole rings is 1. The second kappa shape index (κ2) is 17.8. The van der Waals surface area contributed by atoms with Crippen LogP contribution in [0.2, 0.25) is 0 Å². The maximum Gasteiger partial charge on any atom is 0.188 e. The molecule has 8 nitrogen and oxygen atoms in total. The first-order valence-corrected chi connectivity index (χ1v) is 14.6. The molecule has 3 aromatic heterocycles. The molecule has 3 heterocycles. The molecule has 11 heteroatoms. The number of rotatable bonds is 8. The maximum atomic E-state index is 5.20. The first-order valence-electron chi connectivity index (χ1n) is 12.4. The first-order chi connectivity index (χ1) is 20.0. The molecule has 2 aromatic carbocycles. The fourth-order valence-corrected chi connectivity index (χ4v) is 4.98. The van der Waals surface area contributed by atoms with Gasteiger partial charge in [-0.15, -0.1) is 0 Å². The number of methoxy groups -OCH3 is 2. The molecule has 0 amide bonds. The predicted octanol–water partition coefficient (Wildman–Crippen LogP) is 7.43. The van der Waals surface area contributed by atoms with E-state index in [0.29, 0.717) is 5.82 Å². The SMILES string of the molecule is COC(OC)C(Br)c1ccccc1.NC(=S)Nc1ccccn1.c1ccc(-c2cnc(Nc3ccccn3)s2)cc1. The van der Waals surface area contributed by atoms with Crippen LogP contribution in [0.25, 0.3) is 10.4 Å². The van der Waals surface area contributed by atoms with Crippen molar-refractivity contribution >= 4 is 61.4 Å².